The summed E-state index contributed by atoms with van der Waals surface area (Å²) in [4.78, 5) is 21.8. The van der Waals surface area contributed by atoms with Gasteiger partial charge in [-0.05, 0) is 61.6 Å². The Bertz CT molecular complexity index is 1150. The van der Waals surface area contributed by atoms with Gasteiger partial charge in [-0.25, -0.2) is 4.98 Å². The molecule has 5 rings (SSSR count). The summed E-state index contributed by atoms with van der Waals surface area (Å²) >= 11 is 0. The molecule has 2 fully saturated rings. The number of aryl methyl sites for hydroxylation is 1. The highest BCUT2D eigenvalue weighted by Gasteiger charge is 2.39. The standard InChI is InChI=1S/C27H30N4O2/c1-20-17-30(19-28-20)25-10-8-21(16-26(25)33-2)9-11-27(32)29-14-13-24-22(18-29)12-15-31(24)23-6-4-3-5-7-23/h3-11,16-17,19,22,24H,12-15,18H2,1-2H3/b11-9+/t22-,24+/m0/s1. The molecular weight excluding hydrogens is 412 g/mol. The molecule has 6 heteroatoms. The summed E-state index contributed by atoms with van der Waals surface area (Å²) < 4.78 is 7.53. The Hall–Kier alpha value is -3.54. The van der Waals surface area contributed by atoms with Crippen molar-refractivity contribution in [2.24, 2.45) is 5.92 Å². The van der Waals surface area contributed by atoms with Crippen LogP contribution in [-0.2, 0) is 4.79 Å². The van der Waals surface area contributed by atoms with Gasteiger partial charge in [0.15, 0.2) is 0 Å². The third kappa shape index (κ3) is 4.38. The Balaban J connectivity index is 1.24. The Morgan fingerprint density at radius 1 is 1.12 bits per heavy atom. The van der Waals surface area contributed by atoms with Crippen molar-refractivity contribution >= 4 is 17.7 Å². The maximum atomic E-state index is 12.9. The zero-order chi connectivity index (χ0) is 22.8. The smallest absolute Gasteiger partial charge is 0.246 e. The van der Waals surface area contributed by atoms with Crippen LogP contribution in [0.2, 0.25) is 0 Å². The van der Waals surface area contributed by atoms with E-state index in [2.05, 4.69) is 40.2 Å². The molecule has 3 heterocycles. The van der Waals surface area contributed by atoms with Crippen molar-refractivity contribution in [2.45, 2.75) is 25.8 Å². The minimum absolute atomic E-state index is 0.0832. The van der Waals surface area contributed by atoms with Gasteiger partial charge in [0.05, 0.1) is 24.8 Å². The molecule has 6 nitrogen and oxygen atoms in total. The van der Waals surface area contributed by atoms with E-state index in [4.69, 9.17) is 4.74 Å². The van der Waals surface area contributed by atoms with E-state index >= 15 is 0 Å². The summed E-state index contributed by atoms with van der Waals surface area (Å²) in [7, 11) is 1.66. The van der Waals surface area contributed by atoms with Crippen LogP contribution in [0.15, 0.2) is 67.1 Å². The van der Waals surface area contributed by atoms with Gasteiger partial charge in [0.25, 0.3) is 0 Å². The summed E-state index contributed by atoms with van der Waals surface area (Å²) in [6, 6.07) is 17.1. The van der Waals surface area contributed by atoms with Crippen molar-refractivity contribution in [1.29, 1.82) is 0 Å². The highest BCUT2D eigenvalue weighted by molar-refractivity contribution is 5.92. The molecule has 2 aliphatic heterocycles. The summed E-state index contributed by atoms with van der Waals surface area (Å²) in [6.45, 7) is 4.66. The predicted octanol–water partition coefficient (Wildman–Crippen LogP) is 4.33. The molecule has 0 spiro atoms. The average molecular weight is 443 g/mol. The third-order valence-corrected chi connectivity index (χ3v) is 6.85. The Kier molecular flexibility index (Phi) is 5.90. The molecule has 2 aromatic carbocycles. The topological polar surface area (TPSA) is 50.6 Å². The lowest BCUT2D eigenvalue weighted by molar-refractivity contribution is -0.127. The number of benzene rings is 2. The van der Waals surface area contributed by atoms with E-state index in [1.54, 1.807) is 19.5 Å². The highest BCUT2D eigenvalue weighted by Crippen LogP contribution is 2.35. The second kappa shape index (κ2) is 9.14. The lowest BCUT2D eigenvalue weighted by atomic mass is 9.92. The van der Waals surface area contributed by atoms with E-state index in [1.165, 1.54) is 5.69 Å². The maximum absolute atomic E-state index is 12.9. The second-order valence-electron chi connectivity index (χ2n) is 8.90. The number of likely N-dealkylation sites (tertiary alicyclic amines) is 1. The first-order chi connectivity index (χ1) is 16.1. The molecule has 2 atom stereocenters. The molecule has 0 N–H and O–H groups in total. The predicted molar refractivity (Wildman–Crippen MR) is 131 cm³/mol. The molecule has 0 unspecified atom stereocenters. The van der Waals surface area contributed by atoms with Crippen molar-refractivity contribution in [1.82, 2.24) is 14.5 Å². The minimum Gasteiger partial charge on any atom is -0.495 e. The lowest BCUT2D eigenvalue weighted by Gasteiger charge is -2.38. The molecule has 0 saturated carbocycles. The fourth-order valence-corrected chi connectivity index (χ4v) is 5.16. The zero-order valence-electron chi connectivity index (χ0n) is 19.2. The maximum Gasteiger partial charge on any atom is 0.246 e. The quantitative estimate of drug-likeness (QED) is 0.552. The van der Waals surface area contributed by atoms with E-state index in [1.807, 2.05) is 46.9 Å². The van der Waals surface area contributed by atoms with Crippen LogP contribution in [0.4, 0.5) is 5.69 Å². The summed E-state index contributed by atoms with van der Waals surface area (Å²) in [5.41, 5.74) is 4.11. The molecule has 0 aliphatic carbocycles. The number of nitrogens with zero attached hydrogens (tertiary/aromatic N) is 4. The highest BCUT2D eigenvalue weighted by atomic mass is 16.5. The van der Waals surface area contributed by atoms with Crippen molar-refractivity contribution in [3.05, 3.63) is 78.4 Å². The van der Waals surface area contributed by atoms with Crippen LogP contribution in [0, 0.1) is 12.8 Å². The number of amides is 1. The van der Waals surface area contributed by atoms with Crippen molar-refractivity contribution < 1.29 is 9.53 Å². The first-order valence-electron chi connectivity index (χ1n) is 11.6. The van der Waals surface area contributed by atoms with Gasteiger partial charge in [0.1, 0.15) is 5.75 Å². The number of methoxy groups -OCH3 is 1. The van der Waals surface area contributed by atoms with Crippen LogP contribution >= 0.6 is 0 Å². The van der Waals surface area contributed by atoms with Crippen LogP contribution in [0.3, 0.4) is 0 Å². The first kappa shape index (κ1) is 21.3. The SMILES string of the molecule is COc1cc(/C=C/C(=O)N2CC[C@@H]3[C@@H](CCN3c3ccccc3)C2)ccc1-n1cnc(C)c1. The van der Waals surface area contributed by atoms with Gasteiger partial charge in [0, 0.05) is 43.6 Å². The van der Waals surface area contributed by atoms with Gasteiger partial charge in [-0.15, -0.1) is 0 Å². The first-order valence-corrected chi connectivity index (χ1v) is 11.6. The molecule has 170 valence electrons. The fraction of sp³-hybridized carbons (Fsp3) is 0.333. The molecule has 3 aromatic rings. The Morgan fingerprint density at radius 3 is 2.73 bits per heavy atom. The number of imidazole rings is 1. The van der Waals surface area contributed by atoms with Gasteiger partial charge in [-0.1, -0.05) is 24.3 Å². The number of piperidine rings is 1. The second-order valence-corrected chi connectivity index (χ2v) is 8.90. The van der Waals surface area contributed by atoms with Crippen molar-refractivity contribution in [3.63, 3.8) is 0 Å². The number of para-hydroxylation sites is 1. The number of carbonyl (C=O) groups is 1. The Morgan fingerprint density at radius 2 is 1.97 bits per heavy atom. The van der Waals surface area contributed by atoms with Crippen molar-refractivity contribution in [3.8, 4) is 11.4 Å². The van der Waals surface area contributed by atoms with Crippen LogP contribution in [0.25, 0.3) is 11.8 Å². The number of ether oxygens (including phenoxy) is 1. The number of hydrogen-bond donors (Lipinski definition) is 0. The van der Waals surface area contributed by atoms with Gasteiger partial charge < -0.3 is 19.1 Å². The molecular formula is C27H30N4O2. The van der Waals surface area contributed by atoms with E-state index in [-0.39, 0.29) is 5.91 Å². The number of rotatable bonds is 5. The van der Waals surface area contributed by atoms with Crippen LogP contribution < -0.4 is 9.64 Å². The zero-order valence-corrected chi connectivity index (χ0v) is 19.2. The van der Waals surface area contributed by atoms with Gasteiger partial charge in [-0.3, -0.25) is 4.79 Å². The third-order valence-electron chi connectivity index (χ3n) is 6.85. The van der Waals surface area contributed by atoms with E-state index in [9.17, 15) is 4.79 Å². The van der Waals surface area contributed by atoms with Gasteiger partial charge >= 0.3 is 0 Å². The molecule has 0 radical (unpaired) electrons. The van der Waals surface area contributed by atoms with E-state index < -0.39 is 0 Å². The van der Waals surface area contributed by atoms with Crippen LogP contribution in [0.1, 0.15) is 24.1 Å². The molecule has 1 amide bonds. The Labute approximate surface area is 195 Å². The number of carbonyl (C=O) groups excluding carboxylic acids is 1. The van der Waals surface area contributed by atoms with Crippen molar-refractivity contribution in [2.75, 3.05) is 31.6 Å². The molecule has 33 heavy (non-hydrogen) atoms. The molecule has 2 aliphatic rings. The van der Waals surface area contributed by atoms with E-state index in [0.29, 0.717) is 12.0 Å². The van der Waals surface area contributed by atoms with E-state index in [0.717, 1.165) is 55.2 Å². The molecule has 2 saturated heterocycles. The monoisotopic (exact) mass is 442 g/mol. The van der Waals surface area contributed by atoms with Crippen LogP contribution in [0.5, 0.6) is 5.75 Å². The number of aromatic nitrogens is 2. The fourth-order valence-electron chi connectivity index (χ4n) is 5.16. The van der Waals surface area contributed by atoms with Gasteiger partial charge in [0.2, 0.25) is 5.91 Å². The summed E-state index contributed by atoms with van der Waals surface area (Å²) in [6.07, 6.45) is 9.47. The summed E-state index contributed by atoms with van der Waals surface area (Å²) in [5, 5.41) is 0. The lowest BCUT2D eigenvalue weighted by Crippen LogP contribution is -2.47. The number of fused-ring (bicyclic) bond motifs is 1. The summed E-state index contributed by atoms with van der Waals surface area (Å²) in [5.74, 6) is 1.36. The van der Waals surface area contributed by atoms with Crippen LogP contribution in [-0.4, -0.2) is 53.1 Å². The average Bonchev–Trinajstić information content (AvgIpc) is 3.48. The van der Waals surface area contributed by atoms with Gasteiger partial charge in [-0.2, -0.15) is 0 Å². The molecule has 0 bridgehead atoms. The normalized spacial score (nSPS) is 20.3. The minimum atomic E-state index is 0.0832. The number of anilines is 1. The molecule has 1 aromatic heterocycles. The largest absolute Gasteiger partial charge is 0.495 e. The number of hydrogen-bond acceptors (Lipinski definition) is 4.